The van der Waals surface area contributed by atoms with Gasteiger partial charge in [-0.05, 0) is 37.0 Å². The van der Waals surface area contributed by atoms with Crippen molar-refractivity contribution in [3.05, 3.63) is 29.8 Å². The number of carbonyl (C=O) groups excluding carboxylic acids is 1. The highest BCUT2D eigenvalue weighted by Crippen LogP contribution is 2.21. The molecule has 0 aliphatic carbocycles. The van der Waals surface area contributed by atoms with Crippen molar-refractivity contribution in [2.75, 3.05) is 20.2 Å². The van der Waals surface area contributed by atoms with E-state index in [1.54, 1.807) is 12.0 Å². The maximum absolute atomic E-state index is 12.5. The number of carboxylic acid groups (broad SMARTS) is 1. The summed E-state index contributed by atoms with van der Waals surface area (Å²) in [5.74, 6) is -0.544. The number of hydrogen-bond donors (Lipinski definition) is 1. The number of likely N-dealkylation sites (tertiary alicyclic amines) is 1. The van der Waals surface area contributed by atoms with Gasteiger partial charge in [-0.25, -0.2) is 0 Å². The van der Waals surface area contributed by atoms with E-state index in [4.69, 9.17) is 9.84 Å². The van der Waals surface area contributed by atoms with E-state index in [0.29, 0.717) is 25.9 Å². The van der Waals surface area contributed by atoms with E-state index in [1.165, 1.54) is 0 Å². The molecule has 2 atom stereocenters. The Bertz CT molecular complexity index is 526. The minimum Gasteiger partial charge on any atom is -0.497 e. The molecule has 1 aromatic rings. The molecule has 0 bridgehead atoms. The lowest BCUT2D eigenvalue weighted by Crippen LogP contribution is -2.44. The summed E-state index contributed by atoms with van der Waals surface area (Å²) in [6.07, 6.45) is 2.07. The van der Waals surface area contributed by atoms with Crippen LogP contribution in [0.5, 0.6) is 5.75 Å². The second kappa shape index (κ2) is 7.29. The Hall–Kier alpha value is -2.04. The molecule has 120 valence electrons. The lowest BCUT2D eigenvalue weighted by Gasteiger charge is -2.32. The highest BCUT2D eigenvalue weighted by atomic mass is 16.5. The van der Waals surface area contributed by atoms with Crippen molar-refractivity contribution < 1.29 is 19.4 Å². The maximum atomic E-state index is 12.5. The van der Waals surface area contributed by atoms with E-state index >= 15 is 0 Å². The van der Waals surface area contributed by atoms with Crippen LogP contribution in [0.2, 0.25) is 0 Å². The Morgan fingerprint density at radius 1 is 1.36 bits per heavy atom. The molecule has 0 unspecified atom stereocenters. The average molecular weight is 305 g/mol. The number of carbonyl (C=O) groups is 2. The van der Waals surface area contributed by atoms with Crippen LogP contribution in [0.25, 0.3) is 0 Å². The van der Waals surface area contributed by atoms with Crippen LogP contribution in [-0.2, 0) is 16.0 Å². The molecule has 22 heavy (non-hydrogen) atoms. The van der Waals surface area contributed by atoms with Crippen molar-refractivity contribution in [2.24, 2.45) is 11.8 Å². The first-order chi connectivity index (χ1) is 10.5. The number of carboxylic acids is 1. The number of hydrogen-bond acceptors (Lipinski definition) is 3. The van der Waals surface area contributed by atoms with Gasteiger partial charge in [0, 0.05) is 19.0 Å². The van der Waals surface area contributed by atoms with Gasteiger partial charge in [0.15, 0.2) is 0 Å². The van der Waals surface area contributed by atoms with Crippen molar-refractivity contribution in [1.29, 1.82) is 0 Å². The summed E-state index contributed by atoms with van der Waals surface area (Å²) in [6.45, 7) is 2.90. The van der Waals surface area contributed by atoms with Crippen molar-refractivity contribution in [3.8, 4) is 5.75 Å². The van der Waals surface area contributed by atoms with Crippen LogP contribution in [0.15, 0.2) is 24.3 Å². The van der Waals surface area contributed by atoms with Crippen LogP contribution < -0.4 is 4.74 Å². The predicted octanol–water partition coefficient (Wildman–Crippen LogP) is 2.20. The van der Waals surface area contributed by atoms with E-state index in [1.807, 2.05) is 31.2 Å². The molecule has 0 saturated carbocycles. The van der Waals surface area contributed by atoms with Gasteiger partial charge < -0.3 is 14.7 Å². The van der Waals surface area contributed by atoms with Crippen molar-refractivity contribution in [3.63, 3.8) is 0 Å². The Kier molecular flexibility index (Phi) is 5.41. The molecule has 2 rings (SSSR count). The zero-order valence-electron chi connectivity index (χ0n) is 13.1. The van der Waals surface area contributed by atoms with E-state index in [9.17, 15) is 9.59 Å². The van der Waals surface area contributed by atoms with E-state index in [-0.39, 0.29) is 11.8 Å². The van der Waals surface area contributed by atoms with Crippen molar-refractivity contribution in [1.82, 2.24) is 4.90 Å². The number of amides is 1. The molecular weight excluding hydrogens is 282 g/mol. The van der Waals surface area contributed by atoms with Crippen LogP contribution in [0.1, 0.15) is 25.3 Å². The van der Waals surface area contributed by atoms with Crippen LogP contribution in [0, 0.1) is 11.8 Å². The van der Waals surface area contributed by atoms with Gasteiger partial charge >= 0.3 is 5.97 Å². The van der Waals surface area contributed by atoms with Gasteiger partial charge in [-0.1, -0.05) is 19.1 Å². The molecule has 5 nitrogen and oxygen atoms in total. The lowest BCUT2D eigenvalue weighted by molar-refractivity contribution is -0.146. The maximum Gasteiger partial charge on any atom is 0.308 e. The molecule has 1 heterocycles. The van der Waals surface area contributed by atoms with E-state index in [2.05, 4.69) is 0 Å². The van der Waals surface area contributed by atoms with Gasteiger partial charge in [-0.15, -0.1) is 0 Å². The third-order valence-electron chi connectivity index (χ3n) is 4.20. The second-order valence-electron chi connectivity index (χ2n) is 5.91. The second-order valence-corrected chi connectivity index (χ2v) is 5.91. The quantitative estimate of drug-likeness (QED) is 0.905. The first-order valence-corrected chi connectivity index (χ1v) is 7.65. The number of piperidine rings is 1. The average Bonchev–Trinajstić information content (AvgIpc) is 2.54. The van der Waals surface area contributed by atoms with Gasteiger partial charge in [-0.3, -0.25) is 9.59 Å². The highest BCUT2D eigenvalue weighted by Gasteiger charge is 2.30. The summed E-state index contributed by atoms with van der Waals surface area (Å²) in [4.78, 5) is 25.3. The number of nitrogens with zero attached hydrogens (tertiary/aromatic N) is 1. The molecular formula is C17H23NO4. The standard InChI is InChI=1S/C17H23NO4/c1-12(10-13-5-7-15(22-2)8-6-13)16(19)18-9-3-4-14(11-18)17(20)21/h5-8,12,14H,3-4,9-11H2,1-2H3,(H,20,21)/t12-,14-/m1/s1. The van der Waals surface area contributed by atoms with Crippen LogP contribution in [0.3, 0.4) is 0 Å². The van der Waals surface area contributed by atoms with Gasteiger partial charge in [0.05, 0.1) is 13.0 Å². The SMILES string of the molecule is COc1ccc(C[C@@H](C)C(=O)N2CCC[C@@H](C(=O)O)C2)cc1. The monoisotopic (exact) mass is 305 g/mol. The lowest BCUT2D eigenvalue weighted by atomic mass is 9.95. The molecule has 1 N–H and O–H groups in total. The summed E-state index contributed by atoms with van der Waals surface area (Å²) in [5, 5.41) is 9.11. The molecule has 1 fully saturated rings. The molecule has 1 aliphatic heterocycles. The van der Waals surface area contributed by atoms with Crippen LogP contribution in [-0.4, -0.2) is 42.1 Å². The largest absolute Gasteiger partial charge is 0.497 e. The first-order valence-electron chi connectivity index (χ1n) is 7.65. The zero-order valence-corrected chi connectivity index (χ0v) is 13.1. The summed E-state index contributed by atoms with van der Waals surface area (Å²) >= 11 is 0. The Morgan fingerprint density at radius 3 is 2.64 bits per heavy atom. The number of methoxy groups -OCH3 is 1. The smallest absolute Gasteiger partial charge is 0.308 e. The molecule has 1 saturated heterocycles. The van der Waals surface area contributed by atoms with E-state index < -0.39 is 11.9 Å². The van der Waals surface area contributed by atoms with E-state index in [0.717, 1.165) is 17.7 Å². The van der Waals surface area contributed by atoms with Gasteiger partial charge in [-0.2, -0.15) is 0 Å². The Labute approximate surface area is 130 Å². The van der Waals surface area contributed by atoms with Crippen LogP contribution >= 0.6 is 0 Å². The topological polar surface area (TPSA) is 66.8 Å². The minimum atomic E-state index is -0.805. The summed E-state index contributed by atoms with van der Waals surface area (Å²) in [7, 11) is 1.62. The summed E-state index contributed by atoms with van der Waals surface area (Å²) in [5.41, 5.74) is 1.08. The summed E-state index contributed by atoms with van der Waals surface area (Å²) in [6, 6.07) is 7.68. The van der Waals surface area contributed by atoms with Gasteiger partial charge in [0.1, 0.15) is 5.75 Å². The number of rotatable bonds is 5. The van der Waals surface area contributed by atoms with Gasteiger partial charge in [0.25, 0.3) is 0 Å². The number of aliphatic carboxylic acids is 1. The zero-order chi connectivity index (χ0) is 16.1. The molecule has 0 radical (unpaired) electrons. The fourth-order valence-electron chi connectivity index (χ4n) is 2.89. The Morgan fingerprint density at radius 2 is 2.05 bits per heavy atom. The molecule has 1 amide bonds. The highest BCUT2D eigenvalue weighted by molar-refractivity contribution is 5.80. The van der Waals surface area contributed by atoms with Crippen molar-refractivity contribution in [2.45, 2.75) is 26.2 Å². The fourth-order valence-corrected chi connectivity index (χ4v) is 2.89. The van der Waals surface area contributed by atoms with Gasteiger partial charge in [0.2, 0.25) is 5.91 Å². The third kappa shape index (κ3) is 4.00. The molecule has 1 aromatic carbocycles. The fraction of sp³-hybridized carbons (Fsp3) is 0.529. The Balaban J connectivity index is 1.94. The summed E-state index contributed by atoms with van der Waals surface area (Å²) < 4.78 is 5.12. The predicted molar refractivity (Wildman–Crippen MR) is 82.8 cm³/mol. The first kappa shape index (κ1) is 16.3. The third-order valence-corrected chi connectivity index (χ3v) is 4.20. The molecule has 0 spiro atoms. The molecule has 0 aromatic heterocycles. The normalized spacial score (nSPS) is 19.5. The van der Waals surface area contributed by atoms with Crippen molar-refractivity contribution >= 4 is 11.9 Å². The molecule has 1 aliphatic rings. The van der Waals surface area contributed by atoms with Crippen LogP contribution in [0.4, 0.5) is 0 Å². The minimum absolute atomic E-state index is 0.0433. The number of ether oxygens (including phenoxy) is 1. The molecule has 5 heteroatoms. The number of benzene rings is 1.